The van der Waals surface area contributed by atoms with Gasteiger partial charge >= 0.3 is 0 Å². The lowest BCUT2D eigenvalue weighted by molar-refractivity contribution is 0.410. The van der Waals surface area contributed by atoms with Crippen molar-refractivity contribution in [2.75, 3.05) is 12.9 Å². The highest BCUT2D eigenvalue weighted by Gasteiger charge is 2.29. The van der Waals surface area contributed by atoms with Gasteiger partial charge in [0, 0.05) is 17.0 Å². The maximum atomic E-state index is 5.96. The Hall–Kier alpha value is -0.670. The normalized spacial score (nSPS) is 24.7. The minimum absolute atomic E-state index is 0.327. The molecule has 2 N–H and O–H groups in total. The molecule has 2 rings (SSSR count). The lowest BCUT2D eigenvalue weighted by Crippen LogP contribution is -2.37. The summed E-state index contributed by atoms with van der Waals surface area (Å²) in [6, 6.07) is 6.75. The number of aryl methyl sites for hydroxylation is 1. The summed E-state index contributed by atoms with van der Waals surface area (Å²) in [4.78, 5) is 0. The average Bonchev–Trinajstić information content (AvgIpc) is 2.26. The van der Waals surface area contributed by atoms with E-state index >= 15 is 0 Å². The van der Waals surface area contributed by atoms with E-state index in [0.29, 0.717) is 11.3 Å². The lowest BCUT2D eigenvalue weighted by Gasteiger charge is -2.33. The van der Waals surface area contributed by atoms with Gasteiger partial charge in [-0.15, -0.1) is 0 Å². The van der Waals surface area contributed by atoms with Gasteiger partial charge in [0.15, 0.2) is 0 Å². The molecule has 2 unspecified atom stereocenters. The van der Waals surface area contributed by atoms with Crippen LogP contribution in [-0.4, -0.2) is 18.9 Å². The monoisotopic (exact) mass is 223 g/mol. The van der Waals surface area contributed by atoms with Gasteiger partial charge in [-0.3, -0.25) is 0 Å². The maximum Gasteiger partial charge on any atom is 0.122 e. The third kappa shape index (κ3) is 1.99. The molecule has 0 aliphatic carbocycles. The molecule has 0 aromatic heterocycles. The third-order valence-corrected chi connectivity index (χ3v) is 4.43. The van der Waals surface area contributed by atoms with Crippen molar-refractivity contribution in [1.29, 1.82) is 0 Å². The molecule has 3 heteroatoms. The minimum atomic E-state index is 0.327. The molecular weight excluding hydrogens is 206 g/mol. The summed E-state index contributed by atoms with van der Waals surface area (Å²) in [5, 5.41) is 0.487. The van der Waals surface area contributed by atoms with Gasteiger partial charge in [-0.1, -0.05) is 19.1 Å². The van der Waals surface area contributed by atoms with Crippen LogP contribution < -0.4 is 10.5 Å². The highest BCUT2D eigenvalue weighted by molar-refractivity contribution is 8.01. The second kappa shape index (κ2) is 4.45. The van der Waals surface area contributed by atoms with E-state index in [0.717, 1.165) is 17.9 Å². The van der Waals surface area contributed by atoms with Gasteiger partial charge in [-0.05, 0) is 23.6 Å². The molecule has 0 amide bonds. The molecule has 1 heterocycles. The van der Waals surface area contributed by atoms with Crippen LogP contribution in [0.15, 0.2) is 18.2 Å². The van der Waals surface area contributed by atoms with Crippen LogP contribution in [-0.2, 0) is 6.42 Å². The molecule has 1 aromatic rings. The standard InChI is InChI=1S/C12H17NOS/c1-3-8-6-9(4-5-11(8)14-2)12-10(13)7-15-12/h4-6,10,12H,3,7,13H2,1-2H3. The van der Waals surface area contributed by atoms with Crippen LogP contribution in [0.4, 0.5) is 0 Å². The SMILES string of the molecule is CCc1cc(C2SCC2N)ccc1OC. The molecule has 1 aliphatic rings. The van der Waals surface area contributed by atoms with Gasteiger partial charge in [0.25, 0.3) is 0 Å². The number of benzene rings is 1. The first-order chi connectivity index (χ1) is 7.26. The summed E-state index contributed by atoms with van der Waals surface area (Å²) in [5.74, 6) is 2.07. The van der Waals surface area contributed by atoms with Crippen LogP contribution >= 0.6 is 11.8 Å². The Kier molecular flexibility index (Phi) is 3.22. The fraction of sp³-hybridized carbons (Fsp3) is 0.500. The Bertz CT molecular complexity index is 353. The zero-order chi connectivity index (χ0) is 10.8. The van der Waals surface area contributed by atoms with Gasteiger partial charge < -0.3 is 10.5 Å². The van der Waals surface area contributed by atoms with Crippen molar-refractivity contribution in [1.82, 2.24) is 0 Å². The molecule has 1 aromatic carbocycles. The minimum Gasteiger partial charge on any atom is -0.496 e. The summed E-state index contributed by atoms with van der Waals surface area (Å²) < 4.78 is 5.31. The molecule has 1 saturated heterocycles. The highest BCUT2D eigenvalue weighted by atomic mass is 32.2. The zero-order valence-electron chi connectivity index (χ0n) is 9.19. The zero-order valence-corrected chi connectivity index (χ0v) is 10.0. The Morgan fingerprint density at radius 3 is 2.80 bits per heavy atom. The van der Waals surface area contributed by atoms with Gasteiger partial charge in [0.05, 0.1) is 7.11 Å². The van der Waals surface area contributed by atoms with E-state index in [4.69, 9.17) is 10.5 Å². The predicted molar refractivity (Wildman–Crippen MR) is 65.5 cm³/mol. The Labute approximate surface area is 95.2 Å². The van der Waals surface area contributed by atoms with Gasteiger partial charge in [0.2, 0.25) is 0 Å². The molecule has 15 heavy (non-hydrogen) atoms. The first-order valence-electron chi connectivity index (χ1n) is 5.30. The second-order valence-electron chi connectivity index (χ2n) is 3.84. The highest BCUT2D eigenvalue weighted by Crippen LogP contribution is 2.42. The van der Waals surface area contributed by atoms with E-state index in [1.807, 2.05) is 11.8 Å². The number of ether oxygens (including phenoxy) is 1. The van der Waals surface area contributed by atoms with Gasteiger partial charge in [-0.2, -0.15) is 11.8 Å². The number of hydrogen-bond acceptors (Lipinski definition) is 3. The summed E-state index contributed by atoms with van der Waals surface area (Å²) in [7, 11) is 1.72. The van der Waals surface area contributed by atoms with E-state index in [2.05, 4.69) is 25.1 Å². The molecule has 1 fully saturated rings. The molecule has 0 spiro atoms. The number of rotatable bonds is 3. The number of nitrogens with two attached hydrogens (primary N) is 1. The predicted octanol–water partition coefficient (Wildman–Crippen LogP) is 2.37. The molecule has 0 radical (unpaired) electrons. The van der Waals surface area contributed by atoms with E-state index in [1.165, 1.54) is 11.1 Å². The molecule has 2 nitrogen and oxygen atoms in total. The van der Waals surface area contributed by atoms with Crippen LogP contribution in [0.3, 0.4) is 0 Å². The summed E-state index contributed by atoms with van der Waals surface area (Å²) in [5.41, 5.74) is 8.58. The number of hydrogen-bond donors (Lipinski definition) is 1. The topological polar surface area (TPSA) is 35.2 Å². The summed E-state index contributed by atoms with van der Waals surface area (Å²) in [6.45, 7) is 2.15. The van der Waals surface area contributed by atoms with E-state index < -0.39 is 0 Å². The van der Waals surface area contributed by atoms with Gasteiger partial charge in [0.1, 0.15) is 5.75 Å². The van der Waals surface area contributed by atoms with Crippen LogP contribution in [0.25, 0.3) is 0 Å². The molecule has 0 saturated carbocycles. The first-order valence-corrected chi connectivity index (χ1v) is 6.35. The van der Waals surface area contributed by atoms with Crippen LogP contribution in [0.1, 0.15) is 23.3 Å². The first kappa shape index (κ1) is 10.8. The van der Waals surface area contributed by atoms with Gasteiger partial charge in [-0.25, -0.2) is 0 Å². The van der Waals surface area contributed by atoms with Crippen molar-refractivity contribution >= 4 is 11.8 Å². The number of thioether (sulfide) groups is 1. The van der Waals surface area contributed by atoms with Crippen LogP contribution in [0, 0.1) is 0 Å². The van der Waals surface area contributed by atoms with Crippen molar-refractivity contribution in [3.63, 3.8) is 0 Å². The van der Waals surface area contributed by atoms with Crippen LogP contribution in [0.2, 0.25) is 0 Å². The number of methoxy groups -OCH3 is 1. The largest absolute Gasteiger partial charge is 0.496 e. The quantitative estimate of drug-likeness (QED) is 0.854. The average molecular weight is 223 g/mol. The molecule has 2 atom stereocenters. The molecule has 0 bridgehead atoms. The van der Waals surface area contributed by atoms with Crippen molar-refractivity contribution in [3.8, 4) is 5.75 Å². The Morgan fingerprint density at radius 2 is 2.33 bits per heavy atom. The maximum absolute atomic E-state index is 5.96. The lowest BCUT2D eigenvalue weighted by atomic mass is 10.0. The van der Waals surface area contributed by atoms with Crippen molar-refractivity contribution in [2.45, 2.75) is 24.6 Å². The fourth-order valence-corrected chi connectivity index (χ4v) is 2.84. The Balaban J connectivity index is 2.26. The summed E-state index contributed by atoms with van der Waals surface area (Å²) >= 11 is 1.93. The van der Waals surface area contributed by atoms with Crippen molar-refractivity contribution in [2.24, 2.45) is 5.73 Å². The van der Waals surface area contributed by atoms with Crippen LogP contribution in [0.5, 0.6) is 5.75 Å². The van der Waals surface area contributed by atoms with E-state index in [1.54, 1.807) is 7.11 Å². The Morgan fingerprint density at radius 1 is 1.53 bits per heavy atom. The molecular formula is C12H17NOS. The second-order valence-corrected chi connectivity index (χ2v) is 5.02. The molecule has 1 aliphatic heterocycles. The van der Waals surface area contributed by atoms with Crippen molar-refractivity contribution < 1.29 is 4.74 Å². The third-order valence-electron chi connectivity index (χ3n) is 2.87. The van der Waals surface area contributed by atoms with Crippen molar-refractivity contribution in [3.05, 3.63) is 29.3 Å². The van der Waals surface area contributed by atoms with E-state index in [-0.39, 0.29) is 0 Å². The molecule has 82 valence electrons. The summed E-state index contributed by atoms with van der Waals surface area (Å²) in [6.07, 6.45) is 1.00. The fourth-order valence-electron chi connectivity index (χ4n) is 1.90. The van der Waals surface area contributed by atoms with E-state index in [9.17, 15) is 0 Å². The smallest absolute Gasteiger partial charge is 0.122 e.